The lowest BCUT2D eigenvalue weighted by molar-refractivity contribution is -0.114. The maximum absolute atomic E-state index is 13.8. The van der Waals surface area contributed by atoms with Crippen molar-refractivity contribution in [2.45, 2.75) is 33.7 Å². The van der Waals surface area contributed by atoms with Crippen molar-refractivity contribution in [2.24, 2.45) is 0 Å². The Labute approximate surface area is 200 Å². The first-order valence-corrected chi connectivity index (χ1v) is 11.9. The van der Waals surface area contributed by atoms with Gasteiger partial charge in [0.15, 0.2) is 0 Å². The third-order valence-corrected chi connectivity index (χ3v) is 6.24. The van der Waals surface area contributed by atoms with Crippen LogP contribution >= 0.6 is 0 Å². The van der Waals surface area contributed by atoms with Gasteiger partial charge >= 0.3 is 0 Å². The van der Waals surface area contributed by atoms with Gasteiger partial charge in [-0.3, -0.25) is 14.5 Å². The molecule has 1 aromatic heterocycles. The normalized spacial score (nSPS) is 14.4. The number of fused-ring (bicyclic) bond motifs is 1. The number of piperazine rings is 1. The minimum Gasteiger partial charge on any atom is -0.497 e. The summed E-state index contributed by atoms with van der Waals surface area (Å²) in [6.07, 6.45) is 1.11. The van der Waals surface area contributed by atoms with Crippen LogP contribution < -0.4 is 10.1 Å². The molecule has 0 bridgehead atoms. The average molecular weight is 464 g/mol. The first kappa shape index (κ1) is 23.8. The lowest BCUT2D eigenvalue weighted by Gasteiger charge is -2.34. The molecule has 1 aliphatic rings. The molecule has 0 atom stereocenters. The van der Waals surface area contributed by atoms with Gasteiger partial charge in [-0.1, -0.05) is 19.1 Å². The lowest BCUT2D eigenvalue weighted by atomic mass is 10.1. The van der Waals surface area contributed by atoms with E-state index in [0.717, 1.165) is 48.7 Å². The highest BCUT2D eigenvalue weighted by molar-refractivity contribution is 6.08. The first-order chi connectivity index (χ1) is 16.4. The number of anilines is 1. The minimum atomic E-state index is -0.186. The van der Waals surface area contributed by atoms with Crippen molar-refractivity contribution < 1.29 is 14.3 Å². The third kappa shape index (κ3) is 4.77. The molecule has 0 unspecified atom stereocenters. The molecule has 4 rings (SSSR count). The number of ether oxygens (including phenoxy) is 1. The Balaban J connectivity index is 1.81. The Morgan fingerprint density at radius 2 is 1.85 bits per heavy atom. The standard InChI is InChI=1S/C26H33N5O3/c1-5-10-29-11-13-30(14-12-29)26(33)22-16-20(27-18(3)32)17-23-24(22)31(6-2)25(28-23)19-8-7-9-21(15-19)34-4/h7-9,15-17H,5-6,10-14H2,1-4H3,(H,27,32). The van der Waals surface area contributed by atoms with E-state index >= 15 is 0 Å². The second kappa shape index (κ2) is 10.3. The number of aryl methyl sites for hydroxylation is 1. The molecule has 3 aromatic rings. The van der Waals surface area contributed by atoms with E-state index in [2.05, 4.69) is 21.7 Å². The summed E-state index contributed by atoms with van der Waals surface area (Å²) in [7, 11) is 1.64. The van der Waals surface area contributed by atoms with Gasteiger partial charge in [0.05, 0.1) is 23.7 Å². The van der Waals surface area contributed by atoms with E-state index in [1.54, 1.807) is 13.2 Å². The van der Waals surface area contributed by atoms with Crippen LogP contribution in [0.15, 0.2) is 36.4 Å². The average Bonchev–Trinajstić information content (AvgIpc) is 3.22. The molecule has 1 N–H and O–H groups in total. The number of carbonyl (C=O) groups is 2. The number of nitrogens with zero attached hydrogens (tertiary/aromatic N) is 4. The van der Waals surface area contributed by atoms with Crippen LogP contribution in [0.5, 0.6) is 5.75 Å². The summed E-state index contributed by atoms with van der Waals surface area (Å²) < 4.78 is 7.48. The molecular weight excluding hydrogens is 430 g/mol. The number of hydrogen-bond acceptors (Lipinski definition) is 5. The topological polar surface area (TPSA) is 79.7 Å². The van der Waals surface area contributed by atoms with Crippen molar-refractivity contribution in [1.29, 1.82) is 0 Å². The van der Waals surface area contributed by atoms with Crippen LogP contribution in [0.4, 0.5) is 5.69 Å². The van der Waals surface area contributed by atoms with Gasteiger partial charge in [0.25, 0.3) is 5.91 Å². The Morgan fingerprint density at radius 1 is 1.09 bits per heavy atom. The van der Waals surface area contributed by atoms with Crippen LogP contribution in [-0.4, -0.2) is 71.0 Å². The number of imidazole rings is 1. The number of aromatic nitrogens is 2. The summed E-state index contributed by atoms with van der Waals surface area (Å²) in [6, 6.07) is 11.4. The number of methoxy groups -OCH3 is 1. The summed E-state index contributed by atoms with van der Waals surface area (Å²) >= 11 is 0. The Morgan fingerprint density at radius 3 is 2.50 bits per heavy atom. The van der Waals surface area contributed by atoms with Crippen LogP contribution in [0.3, 0.4) is 0 Å². The van der Waals surface area contributed by atoms with Crippen molar-refractivity contribution in [3.05, 3.63) is 42.0 Å². The summed E-state index contributed by atoms with van der Waals surface area (Å²) in [5, 5.41) is 2.84. The van der Waals surface area contributed by atoms with Crippen molar-refractivity contribution in [1.82, 2.24) is 19.4 Å². The van der Waals surface area contributed by atoms with Crippen molar-refractivity contribution in [3.63, 3.8) is 0 Å². The molecule has 180 valence electrons. The molecule has 8 nitrogen and oxygen atoms in total. The quantitative estimate of drug-likeness (QED) is 0.576. The van der Waals surface area contributed by atoms with E-state index in [-0.39, 0.29) is 11.8 Å². The van der Waals surface area contributed by atoms with E-state index in [1.165, 1.54) is 6.92 Å². The fourth-order valence-corrected chi connectivity index (χ4v) is 4.66. The number of rotatable bonds is 7. The highest BCUT2D eigenvalue weighted by Gasteiger charge is 2.26. The van der Waals surface area contributed by atoms with E-state index in [9.17, 15) is 9.59 Å². The predicted molar refractivity (Wildman–Crippen MR) is 134 cm³/mol. The van der Waals surface area contributed by atoms with E-state index in [1.807, 2.05) is 42.2 Å². The van der Waals surface area contributed by atoms with Gasteiger partial charge in [-0.25, -0.2) is 4.98 Å². The van der Waals surface area contributed by atoms with Crippen molar-refractivity contribution in [3.8, 4) is 17.1 Å². The maximum atomic E-state index is 13.8. The van der Waals surface area contributed by atoms with E-state index in [4.69, 9.17) is 9.72 Å². The van der Waals surface area contributed by atoms with Gasteiger partial charge < -0.3 is 19.5 Å². The SMILES string of the molecule is CCCN1CCN(C(=O)c2cc(NC(C)=O)cc3nc(-c4cccc(OC)c4)n(CC)c23)CC1. The molecular formula is C26H33N5O3. The van der Waals surface area contributed by atoms with Gasteiger partial charge in [-0.15, -0.1) is 0 Å². The molecule has 2 aromatic carbocycles. The van der Waals surface area contributed by atoms with Crippen molar-refractivity contribution in [2.75, 3.05) is 45.2 Å². The van der Waals surface area contributed by atoms with Gasteiger partial charge in [-0.05, 0) is 44.2 Å². The summed E-state index contributed by atoms with van der Waals surface area (Å²) in [6.45, 7) is 10.5. The minimum absolute atomic E-state index is 0.0276. The van der Waals surface area contributed by atoms with Crippen LogP contribution in [0.25, 0.3) is 22.4 Å². The van der Waals surface area contributed by atoms with Crippen LogP contribution in [-0.2, 0) is 11.3 Å². The number of benzene rings is 2. The van der Waals surface area contributed by atoms with Gasteiger partial charge in [0.2, 0.25) is 5.91 Å². The summed E-state index contributed by atoms with van der Waals surface area (Å²) in [4.78, 5) is 34.8. The molecule has 2 heterocycles. The fourth-order valence-electron chi connectivity index (χ4n) is 4.66. The van der Waals surface area contributed by atoms with Crippen LogP contribution in [0.2, 0.25) is 0 Å². The Bertz CT molecular complexity index is 1190. The molecule has 1 aliphatic heterocycles. The monoisotopic (exact) mass is 463 g/mol. The number of nitrogens with one attached hydrogen (secondary N) is 1. The second-order valence-corrected chi connectivity index (χ2v) is 8.62. The third-order valence-electron chi connectivity index (χ3n) is 6.24. The zero-order chi connectivity index (χ0) is 24.2. The molecule has 0 radical (unpaired) electrons. The van der Waals surface area contributed by atoms with Crippen LogP contribution in [0.1, 0.15) is 37.6 Å². The highest BCUT2D eigenvalue weighted by atomic mass is 16.5. The number of carbonyl (C=O) groups excluding carboxylic acids is 2. The zero-order valence-corrected chi connectivity index (χ0v) is 20.4. The van der Waals surface area contributed by atoms with E-state index in [0.29, 0.717) is 36.4 Å². The molecule has 1 fully saturated rings. The zero-order valence-electron chi connectivity index (χ0n) is 20.4. The smallest absolute Gasteiger partial charge is 0.256 e. The van der Waals surface area contributed by atoms with E-state index < -0.39 is 0 Å². The largest absolute Gasteiger partial charge is 0.497 e. The molecule has 8 heteroatoms. The van der Waals surface area contributed by atoms with Gasteiger partial charge in [0, 0.05) is 50.9 Å². The number of amides is 2. The summed E-state index contributed by atoms with van der Waals surface area (Å²) in [5.41, 5.74) is 3.51. The van der Waals surface area contributed by atoms with Crippen LogP contribution in [0, 0.1) is 0 Å². The molecule has 0 saturated carbocycles. The van der Waals surface area contributed by atoms with Gasteiger partial charge in [-0.2, -0.15) is 0 Å². The maximum Gasteiger partial charge on any atom is 0.256 e. The molecule has 34 heavy (non-hydrogen) atoms. The molecule has 0 spiro atoms. The Hall–Kier alpha value is -3.39. The van der Waals surface area contributed by atoms with Gasteiger partial charge in [0.1, 0.15) is 11.6 Å². The highest BCUT2D eigenvalue weighted by Crippen LogP contribution is 2.32. The second-order valence-electron chi connectivity index (χ2n) is 8.62. The lowest BCUT2D eigenvalue weighted by Crippen LogP contribution is -2.48. The fraction of sp³-hybridized carbons (Fsp3) is 0.423. The summed E-state index contributed by atoms with van der Waals surface area (Å²) in [5.74, 6) is 1.29. The predicted octanol–water partition coefficient (Wildman–Crippen LogP) is 3.86. The molecule has 0 aliphatic carbocycles. The first-order valence-electron chi connectivity index (χ1n) is 11.9. The van der Waals surface area contributed by atoms with Crippen molar-refractivity contribution >= 4 is 28.5 Å². The Kier molecular flexibility index (Phi) is 7.17. The number of hydrogen-bond donors (Lipinski definition) is 1. The molecule has 2 amide bonds. The molecule has 1 saturated heterocycles.